The lowest BCUT2D eigenvalue weighted by molar-refractivity contribution is 0.0690. The Morgan fingerprint density at radius 2 is 2.26 bits per heavy atom. The fraction of sp³-hybridized carbons (Fsp3) is 0.0769. The molecule has 0 spiro atoms. The molecule has 0 saturated carbocycles. The van der Waals surface area contributed by atoms with E-state index in [9.17, 15) is 4.79 Å². The van der Waals surface area contributed by atoms with Crippen molar-refractivity contribution < 1.29 is 9.90 Å². The van der Waals surface area contributed by atoms with Crippen LogP contribution in [-0.2, 0) is 7.05 Å². The molecule has 0 fully saturated rings. The summed E-state index contributed by atoms with van der Waals surface area (Å²) in [5.74, 6) is -1.01. The summed E-state index contributed by atoms with van der Waals surface area (Å²) in [5, 5.41) is 16.6. The number of aromatic carboxylic acids is 1. The highest BCUT2D eigenvalue weighted by Gasteiger charge is 2.14. The number of carboxylic acid groups (broad SMARTS) is 1. The molecular formula is C13H10BrN3O2. The number of carbonyl (C=O) groups is 1. The van der Waals surface area contributed by atoms with Crippen LogP contribution >= 0.6 is 15.9 Å². The van der Waals surface area contributed by atoms with Gasteiger partial charge in [-0.05, 0) is 22.0 Å². The quantitative estimate of drug-likeness (QED) is 0.762. The summed E-state index contributed by atoms with van der Waals surface area (Å²) in [5.41, 5.74) is 2.62. The van der Waals surface area contributed by atoms with Crippen LogP contribution in [0.1, 0.15) is 10.5 Å². The lowest BCUT2D eigenvalue weighted by Gasteiger charge is -2.02. The predicted molar refractivity (Wildman–Crippen MR) is 75.2 cm³/mol. The number of carboxylic acids is 1. The van der Waals surface area contributed by atoms with Gasteiger partial charge < -0.3 is 9.67 Å². The minimum atomic E-state index is -1.01. The Morgan fingerprint density at radius 3 is 2.95 bits per heavy atom. The number of aromatic nitrogens is 3. The van der Waals surface area contributed by atoms with Crippen molar-refractivity contribution in [1.29, 1.82) is 0 Å². The monoisotopic (exact) mass is 319 g/mol. The number of para-hydroxylation sites is 1. The van der Waals surface area contributed by atoms with Gasteiger partial charge in [0.15, 0.2) is 0 Å². The number of H-pyrrole nitrogens is 1. The lowest BCUT2D eigenvalue weighted by atomic mass is 10.1. The van der Waals surface area contributed by atoms with Crippen LogP contribution in [0.4, 0.5) is 0 Å². The van der Waals surface area contributed by atoms with Gasteiger partial charge in [-0.25, -0.2) is 4.79 Å². The Bertz CT molecular complexity index is 788. The number of fused-ring (bicyclic) bond motifs is 1. The van der Waals surface area contributed by atoms with Gasteiger partial charge in [-0.15, -0.1) is 0 Å². The molecule has 96 valence electrons. The van der Waals surface area contributed by atoms with E-state index in [1.165, 1.54) is 6.07 Å². The Morgan fingerprint density at radius 1 is 1.47 bits per heavy atom. The summed E-state index contributed by atoms with van der Waals surface area (Å²) in [6.45, 7) is 0. The molecule has 5 nitrogen and oxygen atoms in total. The van der Waals surface area contributed by atoms with Gasteiger partial charge >= 0.3 is 5.97 Å². The third-order valence-corrected chi connectivity index (χ3v) is 3.67. The molecule has 2 N–H and O–H groups in total. The van der Waals surface area contributed by atoms with Crippen LogP contribution in [0.2, 0.25) is 0 Å². The largest absolute Gasteiger partial charge is 0.477 e. The number of aryl methyl sites for hydroxylation is 1. The van der Waals surface area contributed by atoms with Crippen molar-refractivity contribution in [2.45, 2.75) is 0 Å². The second-order valence-corrected chi connectivity index (χ2v) is 5.12. The molecule has 19 heavy (non-hydrogen) atoms. The van der Waals surface area contributed by atoms with Gasteiger partial charge in [-0.2, -0.15) is 5.10 Å². The molecule has 0 unspecified atom stereocenters. The zero-order valence-electron chi connectivity index (χ0n) is 10.0. The normalized spacial score (nSPS) is 11.1. The molecule has 0 aliphatic rings. The average Bonchev–Trinajstić information content (AvgIpc) is 2.96. The van der Waals surface area contributed by atoms with E-state index in [0.29, 0.717) is 5.69 Å². The van der Waals surface area contributed by atoms with Crippen LogP contribution in [-0.4, -0.2) is 25.8 Å². The summed E-state index contributed by atoms with van der Waals surface area (Å²) >= 11 is 3.51. The van der Waals surface area contributed by atoms with Crippen molar-refractivity contribution in [2.24, 2.45) is 7.05 Å². The minimum Gasteiger partial charge on any atom is -0.477 e. The Kier molecular flexibility index (Phi) is 2.67. The van der Waals surface area contributed by atoms with E-state index in [1.807, 2.05) is 36.0 Å². The number of benzene rings is 1. The smallest absolute Gasteiger partial charge is 0.353 e. The van der Waals surface area contributed by atoms with Crippen molar-refractivity contribution in [3.8, 4) is 11.3 Å². The van der Waals surface area contributed by atoms with Crippen molar-refractivity contribution in [3.05, 3.63) is 40.6 Å². The first kappa shape index (κ1) is 12.0. The summed E-state index contributed by atoms with van der Waals surface area (Å²) in [7, 11) is 1.95. The molecule has 0 atom stereocenters. The predicted octanol–water partition coefficient (Wildman–Crippen LogP) is 3.03. The number of rotatable bonds is 2. The maximum absolute atomic E-state index is 10.9. The van der Waals surface area contributed by atoms with Crippen LogP contribution in [0, 0.1) is 0 Å². The van der Waals surface area contributed by atoms with Gasteiger partial charge in [-0.3, -0.25) is 5.10 Å². The van der Waals surface area contributed by atoms with Crippen LogP contribution in [0.3, 0.4) is 0 Å². The third kappa shape index (κ3) is 1.84. The fourth-order valence-electron chi connectivity index (χ4n) is 2.20. The Hall–Kier alpha value is -2.08. The van der Waals surface area contributed by atoms with E-state index in [0.717, 1.165) is 20.9 Å². The zero-order chi connectivity index (χ0) is 13.6. The third-order valence-electron chi connectivity index (χ3n) is 3.04. The first-order chi connectivity index (χ1) is 9.08. The van der Waals surface area contributed by atoms with E-state index in [1.54, 1.807) is 0 Å². The number of hydrogen-bond acceptors (Lipinski definition) is 2. The maximum Gasteiger partial charge on any atom is 0.353 e. The van der Waals surface area contributed by atoms with Gasteiger partial charge in [0, 0.05) is 28.7 Å². The van der Waals surface area contributed by atoms with Gasteiger partial charge in [0.2, 0.25) is 0 Å². The molecule has 0 bridgehead atoms. The first-order valence-electron chi connectivity index (χ1n) is 5.60. The molecule has 1 aromatic carbocycles. The highest BCUT2D eigenvalue weighted by atomic mass is 79.9. The minimum absolute atomic E-state index is 0.0836. The molecule has 2 aromatic heterocycles. The standard InChI is InChI=1S/C13H10BrN3O2/c1-17-6-9(14)7-3-2-4-8(12(7)17)10-5-11(13(18)19)16-15-10/h2-6H,1H3,(H,15,16)(H,18,19). The van der Waals surface area contributed by atoms with Crippen molar-refractivity contribution in [2.75, 3.05) is 0 Å². The molecule has 2 heterocycles. The molecular weight excluding hydrogens is 310 g/mol. The molecule has 3 rings (SSSR count). The van der Waals surface area contributed by atoms with E-state index >= 15 is 0 Å². The van der Waals surface area contributed by atoms with E-state index in [4.69, 9.17) is 5.11 Å². The highest BCUT2D eigenvalue weighted by molar-refractivity contribution is 9.10. The molecule has 0 aliphatic carbocycles. The molecule has 6 heteroatoms. The van der Waals surface area contributed by atoms with Gasteiger partial charge in [-0.1, -0.05) is 18.2 Å². The Labute approximate surface area is 117 Å². The molecule has 0 amide bonds. The van der Waals surface area contributed by atoms with Crippen LogP contribution in [0.5, 0.6) is 0 Å². The summed E-state index contributed by atoms with van der Waals surface area (Å²) in [6, 6.07) is 7.40. The fourth-order valence-corrected chi connectivity index (χ4v) is 2.82. The van der Waals surface area contributed by atoms with Crippen LogP contribution in [0.25, 0.3) is 22.2 Å². The second kappa shape index (κ2) is 4.24. The van der Waals surface area contributed by atoms with Crippen molar-refractivity contribution >= 4 is 32.8 Å². The summed E-state index contributed by atoms with van der Waals surface area (Å²) in [4.78, 5) is 10.9. The summed E-state index contributed by atoms with van der Waals surface area (Å²) < 4.78 is 2.99. The zero-order valence-corrected chi connectivity index (χ0v) is 11.6. The SMILES string of the molecule is Cn1cc(Br)c2cccc(-c3cc(C(=O)O)[nH]n3)c21. The molecule has 0 aliphatic heterocycles. The van der Waals surface area contributed by atoms with Crippen LogP contribution < -0.4 is 0 Å². The second-order valence-electron chi connectivity index (χ2n) is 4.26. The van der Waals surface area contributed by atoms with Gasteiger partial charge in [0.25, 0.3) is 0 Å². The lowest BCUT2D eigenvalue weighted by Crippen LogP contribution is -1.95. The number of hydrogen-bond donors (Lipinski definition) is 2. The van der Waals surface area contributed by atoms with E-state index in [2.05, 4.69) is 26.1 Å². The van der Waals surface area contributed by atoms with Crippen molar-refractivity contribution in [3.63, 3.8) is 0 Å². The summed E-state index contributed by atoms with van der Waals surface area (Å²) in [6.07, 6.45) is 1.97. The average molecular weight is 320 g/mol. The number of nitrogens with zero attached hydrogens (tertiary/aromatic N) is 2. The van der Waals surface area contributed by atoms with E-state index in [-0.39, 0.29) is 5.69 Å². The Balaban J connectivity index is 2.27. The topological polar surface area (TPSA) is 70.9 Å². The number of nitrogens with one attached hydrogen (secondary N) is 1. The maximum atomic E-state index is 10.9. The van der Waals surface area contributed by atoms with Crippen molar-refractivity contribution in [1.82, 2.24) is 14.8 Å². The molecule has 0 radical (unpaired) electrons. The molecule has 0 saturated heterocycles. The highest BCUT2D eigenvalue weighted by Crippen LogP contribution is 2.32. The van der Waals surface area contributed by atoms with E-state index < -0.39 is 5.97 Å². The van der Waals surface area contributed by atoms with Gasteiger partial charge in [0.05, 0.1) is 11.2 Å². The number of halogens is 1. The first-order valence-corrected chi connectivity index (χ1v) is 6.40. The molecule has 3 aromatic rings. The number of aromatic amines is 1. The van der Waals surface area contributed by atoms with Crippen LogP contribution in [0.15, 0.2) is 34.9 Å². The van der Waals surface area contributed by atoms with Gasteiger partial charge in [0.1, 0.15) is 5.69 Å².